The summed E-state index contributed by atoms with van der Waals surface area (Å²) in [7, 11) is 1.49. The normalized spacial score (nSPS) is 20.9. The number of rotatable bonds is 4. The van der Waals surface area contributed by atoms with E-state index in [4.69, 9.17) is 4.74 Å². The van der Waals surface area contributed by atoms with Crippen molar-refractivity contribution in [3.63, 3.8) is 0 Å². The van der Waals surface area contributed by atoms with Gasteiger partial charge in [0.15, 0.2) is 11.6 Å². The van der Waals surface area contributed by atoms with Gasteiger partial charge in [0.05, 0.1) is 7.11 Å². The van der Waals surface area contributed by atoms with Crippen LogP contribution in [0.15, 0.2) is 18.2 Å². The average molecular weight is 252 g/mol. The monoisotopic (exact) mass is 252 g/mol. The van der Waals surface area contributed by atoms with E-state index >= 15 is 0 Å². The van der Waals surface area contributed by atoms with E-state index in [1.807, 2.05) is 6.07 Å². The third-order valence-corrected chi connectivity index (χ3v) is 3.54. The van der Waals surface area contributed by atoms with Crippen LogP contribution in [0.25, 0.3) is 0 Å². The van der Waals surface area contributed by atoms with Crippen LogP contribution in [0.2, 0.25) is 0 Å². The molecule has 3 nitrogen and oxygen atoms in total. The molecule has 1 N–H and O–H groups in total. The number of hydrogen-bond donors (Lipinski definition) is 1. The Balaban J connectivity index is 1.91. The SMILES string of the molecule is COc1ccc(CCN2CCNCC2C)cc1F. The Bertz CT molecular complexity index is 397. The zero-order valence-electron chi connectivity index (χ0n) is 11.1. The highest BCUT2D eigenvalue weighted by Gasteiger charge is 2.17. The molecule has 1 heterocycles. The summed E-state index contributed by atoms with van der Waals surface area (Å²) in [6.07, 6.45) is 0.880. The number of nitrogens with one attached hydrogen (secondary N) is 1. The van der Waals surface area contributed by atoms with Crippen LogP contribution in [0.4, 0.5) is 4.39 Å². The van der Waals surface area contributed by atoms with Gasteiger partial charge in [-0.05, 0) is 31.0 Å². The molecule has 1 aromatic carbocycles. The molecule has 0 aromatic heterocycles. The minimum Gasteiger partial charge on any atom is -0.494 e. The second-order valence-electron chi connectivity index (χ2n) is 4.81. The van der Waals surface area contributed by atoms with E-state index in [1.165, 1.54) is 7.11 Å². The first-order valence-corrected chi connectivity index (χ1v) is 6.48. The maximum absolute atomic E-state index is 13.5. The van der Waals surface area contributed by atoms with Crippen molar-refractivity contribution in [2.24, 2.45) is 0 Å². The molecule has 1 unspecified atom stereocenters. The Kier molecular flexibility index (Phi) is 4.55. The molecule has 0 spiro atoms. The van der Waals surface area contributed by atoms with Crippen LogP contribution in [-0.4, -0.2) is 44.2 Å². The summed E-state index contributed by atoms with van der Waals surface area (Å²) in [5.41, 5.74) is 1.03. The summed E-state index contributed by atoms with van der Waals surface area (Å²) in [5, 5.41) is 3.37. The van der Waals surface area contributed by atoms with E-state index in [0.29, 0.717) is 11.8 Å². The predicted octanol–water partition coefficient (Wildman–Crippen LogP) is 1.67. The zero-order valence-corrected chi connectivity index (χ0v) is 11.1. The summed E-state index contributed by atoms with van der Waals surface area (Å²) in [5.74, 6) is 0.0395. The number of nitrogens with zero attached hydrogens (tertiary/aromatic N) is 1. The molecule has 18 heavy (non-hydrogen) atoms. The molecule has 1 atom stereocenters. The van der Waals surface area contributed by atoms with Crippen molar-refractivity contribution < 1.29 is 9.13 Å². The van der Waals surface area contributed by atoms with E-state index in [2.05, 4.69) is 17.1 Å². The number of halogens is 1. The van der Waals surface area contributed by atoms with Gasteiger partial charge in [-0.2, -0.15) is 0 Å². The summed E-state index contributed by atoms with van der Waals surface area (Å²) in [6.45, 7) is 6.35. The lowest BCUT2D eigenvalue weighted by molar-refractivity contribution is 0.176. The fraction of sp³-hybridized carbons (Fsp3) is 0.571. The lowest BCUT2D eigenvalue weighted by Crippen LogP contribution is -2.50. The second-order valence-corrected chi connectivity index (χ2v) is 4.81. The summed E-state index contributed by atoms with van der Waals surface area (Å²) in [6, 6.07) is 5.77. The molecule has 1 aliphatic heterocycles. The van der Waals surface area contributed by atoms with Gasteiger partial charge >= 0.3 is 0 Å². The standard InChI is InChI=1S/C14H21FN2O/c1-11-10-16-6-8-17(11)7-5-12-3-4-14(18-2)13(15)9-12/h3-4,9,11,16H,5-8,10H2,1-2H3. The van der Waals surface area contributed by atoms with Crippen molar-refractivity contribution in [2.75, 3.05) is 33.3 Å². The third-order valence-electron chi connectivity index (χ3n) is 3.54. The number of piperazine rings is 1. The molecule has 4 heteroatoms. The van der Waals surface area contributed by atoms with Gasteiger partial charge in [0.2, 0.25) is 0 Å². The van der Waals surface area contributed by atoms with E-state index in [-0.39, 0.29) is 5.82 Å². The molecule has 1 aliphatic rings. The van der Waals surface area contributed by atoms with Gasteiger partial charge in [-0.15, -0.1) is 0 Å². The number of methoxy groups -OCH3 is 1. The molecular formula is C14H21FN2O. The Hall–Kier alpha value is -1.13. The van der Waals surface area contributed by atoms with Crippen LogP contribution in [-0.2, 0) is 6.42 Å². The van der Waals surface area contributed by atoms with Crippen molar-refractivity contribution in [3.05, 3.63) is 29.6 Å². The van der Waals surface area contributed by atoms with Gasteiger partial charge in [0, 0.05) is 32.2 Å². The minimum absolute atomic E-state index is 0.275. The quantitative estimate of drug-likeness (QED) is 0.882. The Morgan fingerprint density at radius 1 is 1.50 bits per heavy atom. The van der Waals surface area contributed by atoms with Crippen LogP contribution < -0.4 is 10.1 Å². The first-order chi connectivity index (χ1) is 8.70. The molecule has 1 saturated heterocycles. The highest BCUT2D eigenvalue weighted by Crippen LogP contribution is 2.18. The maximum Gasteiger partial charge on any atom is 0.165 e. The van der Waals surface area contributed by atoms with E-state index in [1.54, 1.807) is 12.1 Å². The highest BCUT2D eigenvalue weighted by molar-refractivity contribution is 5.29. The van der Waals surface area contributed by atoms with Gasteiger partial charge in [0.1, 0.15) is 0 Å². The van der Waals surface area contributed by atoms with Crippen molar-refractivity contribution in [1.82, 2.24) is 10.2 Å². The number of ether oxygens (including phenoxy) is 1. The fourth-order valence-corrected chi connectivity index (χ4v) is 2.35. The number of benzene rings is 1. The second kappa shape index (κ2) is 6.16. The summed E-state index contributed by atoms with van der Waals surface area (Å²) >= 11 is 0. The molecule has 0 aliphatic carbocycles. The van der Waals surface area contributed by atoms with Gasteiger partial charge in [-0.1, -0.05) is 6.07 Å². The lowest BCUT2D eigenvalue weighted by Gasteiger charge is -2.33. The van der Waals surface area contributed by atoms with Crippen molar-refractivity contribution in [2.45, 2.75) is 19.4 Å². The average Bonchev–Trinajstić information content (AvgIpc) is 2.38. The molecule has 0 bridgehead atoms. The van der Waals surface area contributed by atoms with Crippen LogP contribution in [0.3, 0.4) is 0 Å². The Labute approximate surface area is 108 Å². The summed E-state index contributed by atoms with van der Waals surface area (Å²) < 4.78 is 18.5. The zero-order chi connectivity index (χ0) is 13.0. The topological polar surface area (TPSA) is 24.5 Å². The molecule has 0 radical (unpaired) electrons. The largest absolute Gasteiger partial charge is 0.494 e. The van der Waals surface area contributed by atoms with E-state index < -0.39 is 0 Å². The van der Waals surface area contributed by atoms with Crippen molar-refractivity contribution in [1.29, 1.82) is 0 Å². The molecular weight excluding hydrogens is 231 g/mol. The number of hydrogen-bond acceptors (Lipinski definition) is 3. The van der Waals surface area contributed by atoms with E-state index in [0.717, 1.165) is 38.2 Å². The molecule has 1 fully saturated rings. The van der Waals surface area contributed by atoms with Gasteiger partial charge in [-0.3, -0.25) is 4.90 Å². The fourth-order valence-electron chi connectivity index (χ4n) is 2.35. The molecule has 100 valence electrons. The molecule has 2 rings (SSSR count). The van der Waals surface area contributed by atoms with Crippen molar-refractivity contribution in [3.8, 4) is 5.75 Å². The van der Waals surface area contributed by atoms with Crippen LogP contribution in [0, 0.1) is 5.82 Å². The first-order valence-electron chi connectivity index (χ1n) is 6.48. The van der Waals surface area contributed by atoms with Gasteiger partial charge in [0.25, 0.3) is 0 Å². The highest BCUT2D eigenvalue weighted by atomic mass is 19.1. The van der Waals surface area contributed by atoms with Gasteiger partial charge in [-0.25, -0.2) is 4.39 Å². The Morgan fingerprint density at radius 3 is 3.00 bits per heavy atom. The van der Waals surface area contributed by atoms with Crippen LogP contribution in [0.1, 0.15) is 12.5 Å². The van der Waals surface area contributed by atoms with Crippen LogP contribution in [0.5, 0.6) is 5.75 Å². The van der Waals surface area contributed by atoms with E-state index in [9.17, 15) is 4.39 Å². The minimum atomic E-state index is -0.275. The maximum atomic E-state index is 13.5. The summed E-state index contributed by atoms with van der Waals surface area (Å²) in [4.78, 5) is 2.44. The molecule has 0 amide bonds. The predicted molar refractivity (Wildman–Crippen MR) is 70.6 cm³/mol. The van der Waals surface area contributed by atoms with Crippen molar-refractivity contribution >= 4 is 0 Å². The lowest BCUT2D eigenvalue weighted by atomic mass is 10.1. The smallest absolute Gasteiger partial charge is 0.165 e. The first kappa shape index (κ1) is 13.3. The van der Waals surface area contributed by atoms with Crippen LogP contribution >= 0.6 is 0 Å². The molecule has 1 aromatic rings. The molecule has 0 saturated carbocycles. The third kappa shape index (κ3) is 3.21. The Morgan fingerprint density at radius 2 is 2.33 bits per heavy atom. The van der Waals surface area contributed by atoms with Gasteiger partial charge < -0.3 is 10.1 Å².